The molecule has 7 heteroatoms. The van der Waals surface area contributed by atoms with E-state index in [4.69, 9.17) is 9.84 Å². The normalized spacial score (nSPS) is 15.7. The molecule has 0 spiro atoms. The predicted molar refractivity (Wildman–Crippen MR) is 122 cm³/mol. The number of ether oxygens (including phenoxy) is 1. The minimum Gasteiger partial charge on any atom is -0.463 e. The maximum Gasteiger partial charge on any atom is 0.305 e. The number of allylic oxidation sites excluding steroid dienone is 2. The molecular formula is C24H46O7. The van der Waals surface area contributed by atoms with Crippen molar-refractivity contribution >= 4 is 5.97 Å². The first-order chi connectivity index (χ1) is 14.9. The van der Waals surface area contributed by atoms with E-state index in [9.17, 15) is 25.2 Å². The van der Waals surface area contributed by atoms with Crippen LogP contribution in [0.2, 0.25) is 0 Å². The minimum atomic E-state index is -1.72. The molecule has 4 atom stereocenters. The van der Waals surface area contributed by atoms with Gasteiger partial charge in [-0.3, -0.25) is 4.79 Å². The molecule has 0 aromatic rings. The molecule has 0 saturated carbocycles. The Hall–Kier alpha value is -0.990. The number of rotatable bonds is 21. The zero-order valence-corrected chi connectivity index (χ0v) is 19.3. The van der Waals surface area contributed by atoms with Gasteiger partial charge in [-0.1, -0.05) is 70.4 Å². The van der Waals surface area contributed by atoms with Gasteiger partial charge >= 0.3 is 5.97 Å². The summed E-state index contributed by atoms with van der Waals surface area (Å²) in [7, 11) is 0. The van der Waals surface area contributed by atoms with E-state index in [-0.39, 0.29) is 6.42 Å². The molecule has 0 aliphatic heterocycles. The van der Waals surface area contributed by atoms with Crippen LogP contribution in [0.4, 0.5) is 0 Å². The van der Waals surface area contributed by atoms with Gasteiger partial charge in [0.2, 0.25) is 0 Å². The molecule has 0 saturated heterocycles. The van der Waals surface area contributed by atoms with Crippen LogP contribution in [0.5, 0.6) is 0 Å². The molecule has 0 bridgehead atoms. The van der Waals surface area contributed by atoms with Crippen LogP contribution in [-0.4, -0.2) is 69.1 Å². The molecule has 5 N–H and O–H groups in total. The lowest BCUT2D eigenvalue weighted by Gasteiger charge is -2.25. The third-order valence-electron chi connectivity index (χ3n) is 5.38. The molecule has 0 radical (unpaired) electrons. The zero-order valence-electron chi connectivity index (χ0n) is 19.3. The summed E-state index contributed by atoms with van der Waals surface area (Å²) in [5.74, 6) is -0.468. The quantitative estimate of drug-likeness (QED) is 0.104. The van der Waals surface area contributed by atoms with Gasteiger partial charge in [0.25, 0.3) is 0 Å². The van der Waals surface area contributed by atoms with Crippen molar-refractivity contribution in [2.75, 3.05) is 13.2 Å². The molecule has 0 unspecified atom stereocenters. The van der Waals surface area contributed by atoms with Gasteiger partial charge in [-0.2, -0.15) is 0 Å². The van der Waals surface area contributed by atoms with Gasteiger partial charge < -0.3 is 30.3 Å². The second-order valence-corrected chi connectivity index (χ2v) is 8.32. The predicted octanol–water partition coefficient (Wildman–Crippen LogP) is 3.00. The highest BCUT2D eigenvalue weighted by Gasteiger charge is 2.30. The third-order valence-corrected chi connectivity index (χ3v) is 5.38. The summed E-state index contributed by atoms with van der Waals surface area (Å²) < 4.78 is 4.90. The highest BCUT2D eigenvalue weighted by Crippen LogP contribution is 2.11. The van der Waals surface area contributed by atoms with Crippen LogP contribution in [0.3, 0.4) is 0 Å². The van der Waals surface area contributed by atoms with E-state index in [0.717, 1.165) is 25.7 Å². The number of hydrogen-bond donors (Lipinski definition) is 5. The van der Waals surface area contributed by atoms with Gasteiger partial charge in [-0.25, -0.2) is 0 Å². The fourth-order valence-corrected chi connectivity index (χ4v) is 3.25. The molecule has 0 aliphatic carbocycles. The van der Waals surface area contributed by atoms with Crippen LogP contribution in [0.1, 0.15) is 96.8 Å². The van der Waals surface area contributed by atoms with Crippen molar-refractivity contribution in [3.63, 3.8) is 0 Å². The van der Waals surface area contributed by atoms with Gasteiger partial charge in [-0.05, 0) is 32.1 Å². The Labute approximate surface area is 188 Å². The fraction of sp³-hybridized carbons (Fsp3) is 0.875. The first-order valence-corrected chi connectivity index (χ1v) is 12.1. The lowest BCUT2D eigenvalue weighted by molar-refractivity contribution is -0.156. The van der Waals surface area contributed by atoms with E-state index in [1.54, 1.807) is 0 Å². The van der Waals surface area contributed by atoms with E-state index >= 15 is 0 Å². The largest absolute Gasteiger partial charge is 0.463 e. The van der Waals surface area contributed by atoms with Crippen molar-refractivity contribution in [3.8, 4) is 0 Å². The topological polar surface area (TPSA) is 127 Å². The standard InChI is InChI=1S/C24H46O7/c1-2-3-4-5-6-7-8-9-10-11-12-13-14-15-16-17-22(28)31-19-21(27)24(30)23(29)20(26)18-25/h7-8,20-21,23-27,29-30H,2-6,9-19H2,1H3/t20-,21+,23+,24+/m0/s1. The van der Waals surface area contributed by atoms with Crippen molar-refractivity contribution in [1.29, 1.82) is 0 Å². The minimum absolute atomic E-state index is 0.244. The molecule has 0 heterocycles. The van der Waals surface area contributed by atoms with E-state index < -0.39 is 43.6 Å². The Balaban J connectivity index is 3.53. The number of unbranched alkanes of at least 4 members (excludes halogenated alkanes) is 11. The maximum atomic E-state index is 11.7. The molecule has 7 nitrogen and oxygen atoms in total. The van der Waals surface area contributed by atoms with E-state index in [0.29, 0.717) is 6.42 Å². The number of carbonyl (C=O) groups excluding carboxylic acids is 1. The molecule has 0 aliphatic rings. The summed E-state index contributed by atoms with van der Waals surface area (Å²) >= 11 is 0. The van der Waals surface area contributed by atoms with Gasteiger partial charge in [0.15, 0.2) is 0 Å². The number of aliphatic hydroxyl groups is 5. The zero-order chi connectivity index (χ0) is 23.3. The van der Waals surface area contributed by atoms with Crippen molar-refractivity contribution in [2.45, 2.75) is 121 Å². The summed E-state index contributed by atoms with van der Waals surface area (Å²) in [5, 5.41) is 46.8. The Morgan fingerprint density at radius 2 is 1.23 bits per heavy atom. The summed E-state index contributed by atoms with van der Waals surface area (Å²) in [6.45, 7) is 1.01. The third kappa shape index (κ3) is 17.3. The molecule has 0 aromatic carbocycles. The molecule has 184 valence electrons. The summed E-state index contributed by atoms with van der Waals surface area (Å²) in [6.07, 6.45) is 13.5. The van der Waals surface area contributed by atoms with Crippen LogP contribution < -0.4 is 0 Å². The molecule has 0 aromatic heterocycles. The van der Waals surface area contributed by atoms with Crippen LogP contribution in [-0.2, 0) is 9.53 Å². The number of esters is 1. The van der Waals surface area contributed by atoms with Gasteiger partial charge in [-0.15, -0.1) is 0 Å². The van der Waals surface area contributed by atoms with Crippen molar-refractivity contribution in [1.82, 2.24) is 0 Å². The van der Waals surface area contributed by atoms with Crippen LogP contribution in [0, 0.1) is 0 Å². The van der Waals surface area contributed by atoms with Gasteiger partial charge in [0, 0.05) is 6.42 Å². The molecule has 0 amide bonds. The summed E-state index contributed by atoms with van der Waals surface area (Å²) in [4.78, 5) is 11.7. The van der Waals surface area contributed by atoms with Crippen LogP contribution in [0.25, 0.3) is 0 Å². The average molecular weight is 447 g/mol. The second kappa shape index (κ2) is 20.9. The first kappa shape index (κ1) is 30.0. The highest BCUT2D eigenvalue weighted by atomic mass is 16.5. The summed E-state index contributed by atoms with van der Waals surface area (Å²) in [5.41, 5.74) is 0. The number of aliphatic hydroxyl groups excluding tert-OH is 5. The van der Waals surface area contributed by atoms with E-state index in [1.807, 2.05) is 0 Å². The average Bonchev–Trinajstić information content (AvgIpc) is 2.78. The molecule has 0 fully saturated rings. The van der Waals surface area contributed by atoms with Gasteiger partial charge in [0.05, 0.1) is 6.61 Å². The Morgan fingerprint density at radius 3 is 1.77 bits per heavy atom. The lowest BCUT2D eigenvalue weighted by Crippen LogP contribution is -2.47. The van der Waals surface area contributed by atoms with Crippen molar-refractivity contribution < 1.29 is 35.1 Å². The van der Waals surface area contributed by atoms with Gasteiger partial charge in [0.1, 0.15) is 31.0 Å². The summed E-state index contributed by atoms with van der Waals surface area (Å²) in [6, 6.07) is 0. The number of hydrogen-bond acceptors (Lipinski definition) is 7. The Bertz CT molecular complexity index is 442. The smallest absolute Gasteiger partial charge is 0.305 e. The molecule has 0 rings (SSSR count). The second-order valence-electron chi connectivity index (χ2n) is 8.32. The Kier molecular flexibility index (Phi) is 20.2. The monoisotopic (exact) mass is 446 g/mol. The SMILES string of the molecule is CCCCCCC=CCCCCCCCCCC(=O)OC[C@@H](O)[C@@H](O)[C@H](O)[C@@H](O)CO. The number of carbonyl (C=O) groups is 1. The van der Waals surface area contributed by atoms with Crippen molar-refractivity contribution in [2.24, 2.45) is 0 Å². The van der Waals surface area contributed by atoms with Crippen molar-refractivity contribution in [3.05, 3.63) is 12.2 Å². The maximum absolute atomic E-state index is 11.7. The van der Waals surface area contributed by atoms with E-state index in [1.165, 1.54) is 51.4 Å². The van der Waals surface area contributed by atoms with E-state index in [2.05, 4.69) is 19.1 Å². The highest BCUT2D eigenvalue weighted by molar-refractivity contribution is 5.69. The molecule has 31 heavy (non-hydrogen) atoms. The lowest BCUT2D eigenvalue weighted by atomic mass is 10.0. The first-order valence-electron chi connectivity index (χ1n) is 12.1. The fourth-order valence-electron chi connectivity index (χ4n) is 3.25. The molecular weight excluding hydrogens is 400 g/mol. The van der Waals surface area contributed by atoms with Crippen LogP contribution >= 0.6 is 0 Å². The van der Waals surface area contributed by atoms with Crippen LogP contribution in [0.15, 0.2) is 12.2 Å². The Morgan fingerprint density at radius 1 is 0.742 bits per heavy atom.